The molecule has 1 aromatic heterocycles. The molecule has 0 bridgehead atoms. The predicted octanol–water partition coefficient (Wildman–Crippen LogP) is 3.93. The van der Waals surface area contributed by atoms with E-state index in [0.717, 1.165) is 35.5 Å². The molecule has 2 heterocycles. The molecular formula is C21H27N3O3. The summed E-state index contributed by atoms with van der Waals surface area (Å²) in [6, 6.07) is 9.51. The zero-order chi connectivity index (χ0) is 19.1. The number of benzene rings is 1. The van der Waals surface area contributed by atoms with Crippen LogP contribution in [0.25, 0.3) is 0 Å². The number of aromatic nitrogens is 1. The van der Waals surface area contributed by atoms with Gasteiger partial charge in [0.05, 0.1) is 19.3 Å². The second-order valence-electron chi connectivity index (χ2n) is 6.70. The number of carbonyl (C=O) groups excluding carboxylic acids is 1. The van der Waals surface area contributed by atoms with E-state index in [1.807, 2.05) is 42.2 Å². The van der Waals surface area contributed by atoms with E-state index in [-0.39, 0.29) is 12.1 Å². The molecule has 27 heavy (non-hydrogen) atoms. The highest BCUT2D eigenvalue weighted by Crippen LogP contribution is 2.32. The van der Waals surface area contributed by atoms with Crippen molar-refractivity contribution in [1.29, 1.82) is 0 Å². The van der Waals surface area contributed by atoms with Crippen molar-refractivity contribution in [2.24, 2.45) is 0 Å². The van der Waals surface area contributed by atoms with E-state index >= 15 is 0 Å². The van der Waals surface area contributed by atoms with E-state index in [9.17, 15) is 4.79 Å². The average Bonchev–Trinajstić information content (AvgIpc) is 2.93. The summed E-state index contributed by atoms with van der Waals surface area (Å²) in [5.41, 5.74) is 2.06. The molecule has 0 aliphatic carbocycles. The van der Waals surface area contributed by atoms with Gasteiger partial charge in [0.25, 0.3) is 0 Å². The van der Waals surface area contributed by atoms with Crippen LogP contribution >= 0.6 is 0 Å². The molecule has 6 nitrogen and oxygen atoms in total. The van der Waals surface area contributed by atoms with Crippen LogP contribution in [0.4, 0.5) is 4.79 Å². The Morgan fingerprint density at radius 2 is 1.93 bits per heavy atom. The second-order valence-corrected chi connectivity index (χ2v) is 6.70. The second kappa shape index (κ2) is 9.26. The topological polar surface area (TPSA) is 63.7 Å². The Balaban J connectivity index is 1.67. The highest BCUT2D eigenvalue weighted by atomic mass is 16.5. The molecule has 0 fully saturated rings. The van der Waals surface area contributed by atoms with Crippen molar-refractivity contribution < 1.29 is 14.3 Å². The van der Waals surface area contributed by atoms with Gasteiger partial charge >= 0.3 is 6.03 Å². The standard InChI is InChI=1S/C21H27N3O3/c1-3-11-24(15-17-7-9-22-10-8-17)21(25)23-16(2)18-5-6-19-20(14-18)27-13-4-12-26-19/h5-10,14,16H,3-4,11-13,15H2,1-2H3,(H,23,25). The van der Waals surface area contributed by atoms with E-state index in [2.05, 4.69) is 17.2 Å². The van der Waals surface area contributed by atoms with Crippen LogP contribution in [0.5, 0.6) is 11.5 Å². The summed E-state index contributed by atoms with van der Waals surface area (Å²) in [6.07, 6.45) is 5.27. The number of nitrogens with zero attached hydrogens (tertiary/aromatic N) is 2. The summed E-state index contributed by atoms with van der Waals surface area (Å²) in [5.74, 6) is 1.51. The van der Waals surface area contributed by atoms with Gasteiger partial charge in [-0.1, -0.05) is 13.0 Å². The zero-order valence-corrected chi connectivity index (χ0v) is 16.0. The molecule has 3 rings (SSSR count). The van der Waals surface area contributed by atoms with Gasteiger partial charge in [-0.05, 0) is 48.7 Å². The number of carbonyl (C=O) groups is 1. The van der Waals surface area contributed by atoms with Crippen LogP contribution in [0, 0.1) is 0 Å². The fourth-order valence-electron chi connectivity index (χ4n) is 3.04. The summed E-state index contributed by atoms with van der Waals surface area (Å²) < 4.78 is 11.4. The van der Waals surface area contributed by atoms with Crippen molar-refractivity contribution in [3.63, 3.8) is 0 Å². The monoisotopic (exact) mass is 369 g/mol. The summed E-state index contributed by atoms with van der Waals surface area (Å²) in [6.45, 7) is 6.62. The highest BCUT2D eigenvalue weighted by molar-refractivity contribution is 5.74. The molecule has 0 radical (unpaired) electrons. The number of pyridine rings is 1. The van der Waals surface area contributed by atoms with Gasteiger partial charge in [-0.25, -0.2) is 4.79 Å². The third kappa shape index (κ3) is 5.12. The normalized spacial score (nSPS) is 14.1. The lowest BCUT2D eigenvalue weighted by molar-refractivity contribution is 0.192. The van der Waals surface area contributed by atoms with Crippen LogP contribution in [0.15, 0.2) is 42.7 Å². The number of nitrogens with one attached hydrogen (secondary N) is 1. The number of ether oxygens (including phenoxy) is 2. The first-order valence-corrected chi connectivity index (χ1v) is 9.51. The van der Waals surface area contributed by atoms with Gasteiger partial charge in [0, 0.05) is 31.9 Å². The number of amides is 2. The lowest BCUT2D eigenvalue weighted by Crippen LogP contribution is -2.41. The molecule has 0 spiro atoms. The first-order chi connectivity index (χ1) is 13.2. The molecule has 144 valence electrons. The van der Waals surface area contributed by atoms with Gasteiger partial charge in [-0.2, -0.15) is 0 Å². The molecule has 1 aromatic carbocycles. The lowest BCUT2D eigenvalue weighted by atomic mass is 10.1. The van der Waals surface area contributed by atoms with Crippen LogP contribution in [0.1, 0.15) is 43.9 Å². The maximum Gasteiger partial charge on any atom is 0.318 e. The van der Waals surface area contributed by atoms with E-state index < -0.39 is 0 Å². The smallest absolute Gasteiger partial charge is 0.318 e. The van der Waals surface area contributed by atoms with Gasteiger partial charge in [0.2, 0.25) is 0 Å². The molecule has 1 atom stereocenters. The minimum atomic E-state index is -0.133. The zero-order valence-electron chi connectivity index (χ0n) is 16.0. The fraction of sp³-hybridized carbons (Fsp3) is 0.429. The Bertz CT molecular complexity index is 752. The van der Waals surface area contributed by atoms with E-state index in [1.54, 1.807) is 12.4 Å². The molecule has 6 heteroatoms. The largest absolute Gasteiger partial charge is 0.490 e. The molecule has 1 unspecified atom stereocenters. The Kier molecular flexibility index (Phi) is 6.52. The highest BCUT2D eigenvalue weighted by Gasteiger charge is 2.18. The van der Waals surface area contributed by atoms with Crippen molar-refractivity contribution >= 4 is 6.03 Å². The number of fused-ring (bicyclic) bond motifs is 1. The SMILES string of the molecule is CCCN(Cc1ccncc1)C(=O)NC(C)c1ccc2c(c1)OCCCO2. The average molecular weight is 369 g/mol. The Morgan fingerprint density at radius 3 is 2.67 bits per heavy atom. The van der Waals surface area contributed by atoms with Crippen molar-refractivity contribution in [3.05, 3.63) is 53.9 Å². The maximum absolute atomic E-state index is 12.8. The van der Waals surface area contributed by atoms with Crippen LogP contribution in [-0.2, 0) is 6.54 Å². The molecule has 0 saturated carbocycles. The number of hydrogen-bond donors (Lipinski definition) is 1. The van der Waals surface area contributed by atoms with Gasteiger partial charge < -0.3 is 19.7 Å². The minimum absolute atomic E-state index is 0.0757. The third-order valence-electron chi connectivity index (χ3n) is 4.52. The Labute approximate surface area is 160 Å². The van der Waals surface area contributed by atoms with Crippen molar-refractivity contribution in [2.75, 3.05) is 19.8 Å². The first-order valence-electron chi connectivity index (χ1n) is 9.51. The number of hydrogen-bond acceptors (Lipinski definition) is 4. The molecule has 2 amide bonds. The Hall–Kier alpha value is -2.76. The number of rotatable bonds is 6. The van der Waals surface area contributed by atoms with Gasteiger partial charge in [-0.3, -0.25) is 4.98 Å². The summed E-state index contributed by atoms with van der Waals surface area (Å²) >= 11 is 0. The molecule has 1 aliphatic rings. The van der Waals surface area contributed by atoms with Crippen LogP contribution < -0.4 is 14.8 Å². The molecule has 1 N–H and O–H groups in total. The van der Waals surface area contributed by atoms with Crippen molar-refractivity contribution in [3.8, 4) is 11.5 Å². The van der Waals surface area contributed by atoms with Gasteiger partial charge in [0.1, 0.15) is 0 Å². The van der Waals surface area contributed by atoms with Crippen LogP contribution in [-0.4, -0.2) is 35.7 Å². The first kappa shape index (κ1) is 19.0. The van der Waals surface area contributed by atoms with E-state index in [4.69, 9.17) is 9.47 Å². The predicted molar refractivity (Wildman–Crippen MR) is 104 cm³/mol. The summed E-state index contributed by atoms with van der Waals surface area (Å²) in [5, 5.41) is 3.10. The van der Waals surface area contributed by atoms with Crippen LogP contribution in [0.2, 0.25) is 0 Å². The molecule has 0 saturated heterocycles. The van der Waals surface area contributed by atoms with E-state index in [1.165, 1.54) is 0 Å². The van der Waals surface area contributed by atoms with Crippen molar-refractivity contribution in [2.45, 2.75) is 39.3 Å². The van der Waals surface area contributed by atoms with Gasteiger partial charge in [0.15, 0.2) is 11.5 Å². The summed E-state index contributed by atoms with van der Waals surface area (Å²) in [4.78, 5) is 18.7. The van der Waals surface area contributed by atoms with Crippen LogP contribution in [0.3, 0.4) is 0 Å². The summed E-state index contributed by atoms with van der Waals surface area (Å²) in [7, 11) is 0. The molecular weight excluding hydrogens is 342 g/mol. The molecule has 2 aromatic rings. The Morgan fingerprint density at radius 1 is 1.19 bits per heavy atom. The van der Waals surface area contributed by atoms with Crippen molar-refractivity contribution in [1.82, 2.24) is 15.2 Å². The molecule has 1 aliphatic heterocycles. The fourth-order valence-corrected chi connectivity index (χ4v) is 3.04. The van der Waals surface area contributed by atoms with E-state index in [0.29, 0.717) is 26.3 Å². The third-order valence-corrected chi connectivity index (χ3v) is 4.52. The lowest BCUT2D eigenvalue weighted by Gasteiger charge is -2.25. The number of urea groups is 1. The quantitative estimate of drug-likeness (QED) is 0.838. The minimum Gasteiger partial charge on any atom is -0.490 e. The van der Waals surface area contributed by atoms with Gasteiger partial charge in [-0.15, -0.1) is 0 Å². The maximum atomic E-state index is 12.8.